The van der Waals surface area contributed by atoms with Crippen LogP contribution in [0.3, 0.4) is 0 Å². The number of carbonyl (C=O) groups excluding carboxylic acids is 2. The van der Waals surface area contributed by atoms with Crippen LogP contribution in [0.4, 0.5) is 0 Å². The van der Waals surface area contributed by atoms with Gasteiger partial charge in [-0.25, -0.2) is 0 Å². The third-order valence-electron chi connectivity index (χ3n) is 5.59. The first kappa shape index (κ1) is 20.1. The van der Waals surface area contributed by atoms with E-state index in [1.807, 2.05) is 68.4 Å². The van der Waals surface area contributed by atoms with Crippen molar-refractivity contribution in [1.82, 2.24) is 10.2 Å². The van der Waals surface area contributed by atoms with Gasteiger partial charge in [-0.3, -0.25) is 9.59 Å². The van der Waals surface area contributed by atoms with Gasteiger partial charge in [-0.1, -0.05) is 68.4 Å². The van der Waals surface area contributed by atoms with Gasteiger partial charge in [-0.15, -0.1) is 0 Å². The van der Waals surface area contributed by atoms with Crippen molar-refractivity contribution in [2.75, 3.05) is 6.54 Å². The van der Waals surface area contributed by atoms with Crippen molar-refractivity contribution in [1.29, 1.82) is 0 Å². The third-order valence-corrected chi connectivity index (χ3v) is 5.59. The zero-order valence-electron chi connectivity index (χ0n) is 16.6. The van der Waals surface area contributed by atoms with E-state index < -0.39 is 6.04 Å². The van der Waals surface area contributed by atoms with Crippen molar-refractivity contribution in [3.05, 3.63) is 71.3 Å². The lowest BCUT2D eigenvalue weighted by Crippen LogP contribution is -2.54. The average Bonchev–Trinajstić information content (AvgIpc) is 2.75. The molecule has 1 heterocycles. The van der Waals surface area contributed by atoms with E-state index in [9.17, 15) is 9.59 Å². The highest BCUT2D eigenvalue weighted by Gasteiger charge is 2.35. The Balaban J connectivity index is 1.74. The summed E-state index contributed by atoms with van der Waals surface area (Å²) in [4.78, 5) is 27.7. The van der Waals surface area contributed by atoms with Crippen molar-refractivity contribution in [3.63, 3.8) is 0 Å². The molecule has 0 fully saturated rings. The largest absolute Gasteiger partial charge is 0.352 e. The molecule has 2 amide bonds. The number of nitrogens with one attached hydrogen (secondary N) is 1. The first-order valence-corrected chi connectivity index (χ1v) is 9.96. The second-order valence-corrected chi connectivity index (χ2v) is 7.53. The lowest BCUT2D eigenvalue weighted by Gasteiger charge is -2.37. The molecule has 3 atom stereocenters. The molecule has 5 nitrogen and oxygen atoms in total. The molecule has 148 valence electrons. The van der Waals surface area contributed by atoms with Crippen LogP contribution in [0.15, 0.2) is 54.6 Å². The predicted molar refractivity (Wildman–Crippen MR) is 110 cm³/mol. The van der Waals surface area contributed by atoms with Gasteiger partial charge >= 0.3 is 0 Å². The monoisotopic (exact) mass is 379 g/mol. The Bertz CT molecular complexity index is 822. The Morgan fingerprint density at radius 1 is 1.11 bits per heavy atom. The van der Waals surface area contributed by atoms with Gasteiger partial charge in [0.15, 0.2) is 0 Å². The second-order valence-electron chi connectivity index (χ2n) is 7.53. The lowest BCUT2D eigenvalue weighted by molar-refractivity contribution is -0.144. The Morgan fingerprint density at radius 3 is 2.43 bits per heavy atom. The normalized spacial score (nSPS) is 18.1. The zero-order chi connectivity index (χ0) is 20.1. The predicted octanol–water partition coefficient (Wildman–Crippen LogP) is 2.80. The minimum absolute atomic E-state index is 0.0320. The zero-order valence-corrected chi connectivity index (χ0v) is 16.6. The number of amides is 2. The van der Waals surface area contributed by atoms with Crippen LogP contribution in [0, 0.1) is 5.92 Å². The fraction of sp³-hybridized carbons (Fsp3) is 0.391. The number of fused-ring (bicyclic) bond motifs is 1. The standard InChI is InChI=1S/C23H29N3O2/c1-3-16(2)23(28)26-15-19-12-8-7-11-18(19)13-21(26)22(27)25-14-20(24)17-9-5-4-6-10-17/h4-12,16,20-21H,3,13-15,24H2,1-2H3,(H,25,27). The fourth-order valence-electron chi connectivity index (χ4n) is 3.59. The van der Waals surface area contributed by atoms with E-state index in [0.717, 1.165) is 23.1 Å². The Labute approximate surface area is 166 Å². The maximum Gasteiger partial charge on any atom is 0.243 e. The van der Waals surface area contributed by atoms with Crippen molar-refractivity contribution < 1.29 is 9.59 Å². The fourth-order valence-corrected chi connectivity index (χ4v) is 3.59. The molecule has 3 rings (SSSR count). The first-order chi connectivity index (χ1) is 13.5. The number of benzene rings is 2. The van der Waals surface area contributed by atoms with E-state index in [4.69, 9.17) is 5.73 Å². The molecule has 0 radical (unpaired) electrons. The third kappa shape index (κ3) is 4.42. The molecule has 28 heavy (non-hydrogen) atoms. The van der Waals surface area contributed by atoms with Gasteiger partial charge in [0.2, 0.25) is 11.8 Å². The van der Waals surface area contributed by atoms with Crippen LogP contribution in [0.2, 0.25) is 0 Å². The molecule has 0 aliphatic carbocycles. The Kier molecular flexibility index (Phi) is 6.47. The molecule has 3 unspecified atom stereocenters. The summed E-state index contributed by atoms with van der Waals surface area (Å²) in [5.74, 6) is -0.214. The maximum absolute atomic E-state index is 13.0. The summed E-state index contributed by atoms with van der Waals surface area (Å²) in [5.41, 5.74) is 9.44. The van der Waals surface area contributed by atoms with Crippen LogP contribution in [0.1, 0.15) is 43.0 Å². The topological polar surface area (TPSA) is 75.4 Å². The summed E-state index contributed by atoms with van der Waals surface area (Å²) >= 11 is 0. The van der Waals surface area contributed by atoms with Crippen LogP contribution in [-0.2, 0) is 22.6 Å². The van der Waals surface area contributed by atoms with Crippen molar-refractivity contribution in [3.8, 4) is 0 Å². The molecule has 0 spiro atoms. The number of carbonyl (C=O) groups is 2. The van der Waals surface area contributed by atoms with Gasteiger partial charge in [-0.2, -0.15) is 0 Å². The summed E-state index contributed by atoms with van der Waals surface area (Å²) < 4.78 is 0. The van der Waals surface area contributed by atoms with E-state index in [2.05, 4.69) is 5.32 Å². The van der Waals surface area contributed by atoms with Crippen molar-refractivity contribution in [2.24, 2.45) is 11.7 Å². The first-order valence-electron chi connectivity index (χ1n) is 9.96. The summed E-state index contributed by atoms with van der Waals surface area (Å²) in [7, 11) is 0. The van der Waals surface area contributed by atoms with Crippen molar-refractivity contribution in [2.45, 2.75) is 45.3 Å². The molecule has 0 aromatic heterocycles. The molecular weight excluding hydrogens is 350 g/mol. The summed E-state index contributed by atoms with van der Waals surface area (Å²) in [5, 5.41) is 2.97. The highest BCUT2D eigenvalue weighted by atomic mass is 16.2. The summed E-state index contributed by atoms with van der Waals surface area (Å²) in [6.07, 6.45) is 1.29. The molecule has 5 heteroatoms. The van der Waals surface area contributed by atoms with Crippen LogP contribution in [0.5, 0.6) is 0 Å². The molecule has 0 bridgehead atoms. The maximum atomic E-state index is 13.0. The molecule has 1 aliphatic heterocycles. The number of nitrogens with two attached hydrogens (primary N) is 1. The second kappa shape index (κ2) is 9.02. The Morgan fingerprint density at radius 2 is 1.75 bits per heavy atom. The molecule has 1 aliphatic rings. The lowest BCUT2D eigenvalue weighted by atomic mass is 9.92. The quantitative estimate of drug-likeness (QED) is 0.810. The number of hydrogen-bond acceptors (Lipinski definition) is 3. The highest BCUT2D eigenvalue weighted by Crippen LogP contribution is 2.25. The van der Waals surface area contributed by atoms with Crippen molar-refractivity contribution >= 4 is 11.8 Å². The van der Waals surface area contributed by atoms with Gasteiger partial charge in [0.25, 0.3) is 0 Å². The SMILES string of the molecule is CCC(C)C(=O)N1Cc2ccccc2CC1C(=O)NCC(N)c1ccccc1. The number of nitrogens with zero attached hydrogens (tertiary/aromatic N) is 1. The van der Waals surface area contributed by atoms with E-state index in [0.29, 0.717) is 19.5 Å². The van der Waals surface area contributed by atoms with Gasteiger partial charge < -0.3 is 16.0 Å². The molecule has 0 saturated carbocycles. The molecule has 0 saturated heterocycles. The van der Waals surface area contributed by atoms with E-state index >= 15 is 0 Å². The Hall–Kier alpha value is -2.66. The molecule has 3 N–H and O–H groups in total. The van der Waals surface area contributed by atoms with Gasteiger partial charge in [0.05, 0.1) is 0 Å². The van der Waals surface area contributed by atoms with Crippen LogP contribution >= 0.6 is 0 Å². The smallest absolute Gasteiger partial charge is 0.243 e. The van der Waals surface area contributed by atoms with E-state index in [-0.39, 0.29) is 23.8 Å². The van der Waals surface area contributed by atoms with Crippen LogP contribution in [-0.4, -0.2) is 29.3 Å². The van der Waals surface area contributed by atoms with E-state index in [1.165, 1.54) is 0 Å². The van der Waals surface area contributed by atoms with Gasteiger partial charge in [-0.05, 0) is 23.1 Å². The average molecular weight is 380 g/mol. The van der Waals surface area contributed by atoms with Crippen LogP contribution < -0.4 is 11.1 Å². The summed E-state index contributed by atoms with van der Waals surface area (Å²) in [6, 6.07) is 16.9. The van der Waals surface area contributed by atoms with Gasteiger partial charge in [0.1, 0.15) is 6.04 Å². The van der Waals surface area contributed by atoms with Crippen LogP contribution in [0.25, 0.3) is 0 Å². The number of hydrogen-bond donors (Lipinski definition) is 2. The number of rotatable bonds is 6. The summed E-state index contributed by atoms with van der Waals surface area (Å²) in [6.45, 7) is 4.73. The molecule has 2 aromatic carbocycles. The molecular formula is C23H29N3O2. The van der Waals surface area contributed by atoms with Gasteiger partial charge in [0, 0.05) is 31.5 Å². The highest BCUT2D eigenvalue weighted by molar-refractivity contribution is 5.89. The minimum atomic E-state index is -0.501. The molecule has 2 aromatic rings. The van der Waals surface area contributed by atoms with E-state index in [1.54, 1.807) is 4.90 Å². The minimum Gasteiger partial charge on any atom is -0.352 e.